The van der Waals surface area contributed by atoms with Crippen molar-refractivity contribution < 1.29 is 18.7 Å². The summed E-state index contributed by atoms with van der Waals surface area (Å²) >= 11 is 1.41. The Balaban J connectivity index is 1.45. The van der Waals surface area contributed by atoms with E-state index in [4.69, 9.17) is 4.74 Å². The van der Waals surface area contributed by atoms with Crippen LogP contribution in [0.2, 0.25) is 0 Å². The Kier molecular flexibility index (Phi) is 7.33. The lowest BCUT2D eigenvalue weighted by Crippen LogP contribution is -2.45. The molecule has 2 aromatic carbocycles. The number of aromatic nitrogens is 3. The number of nitrogens with zero attached hydrogens (tertiary/aromatic N) is 4. The van der Waals surface area contributed by atoms with Crippen LogP contribution in [0.4, 0.5) is 4.39 Å². The Labute approximate surface area is 211 Å². The van der Waals surface area contributed by atoms with Crippen LogP contribution in [0, 0.1) is 5.82 Å². The second kappa shape index (κ2) is 11.0. The molecule has 1 aliphatic heterocycles. The van der Waals surface area contributed by atoms with E-state index in [0.29, 0.717) is 24.2 Å². The van der Waals surface area contributed by atoms with Gasteiger partial charge in [0, 0.05) is 24.6 Å². The van der Waals surface area contributed by atoms with Crippen LogP contribution in [-0.2, 0) is 27.4 Å². The molecule has 1 N–H and O–H groups in total. The van der Waals surface area contributed by atoms with Crippen LogP contribution in [0.1, 0.15) is 29.3 Å². The van der Waals surface area contributed by atoms with Gasteiger partial charge in [-0.25, -0.2) is 9.07 Å². The molecule has 0 aliphatic carbocycles. The number of para-hydroxylation sites is 1. The number of nitrogens with one attached hydrogen (secondary N) is 1. The first kappa shape index (κ1) is 24.1. The van der Waals surface area contributed by atoms with Gasteiger partial charge in [-0.1, -0.05) is 35.5 Å². The molecule has 0 spiro atoms. The van der Waals surface area contributed by atoms with Crippen molar-refractivity contribution in [1.29, 1.82) is 0 Å². The number of halogens is 1. The molecule has 4 aromatic rings. The van der Waals surface area contributed by atoms with E-state index in [9.17, 15) is 14.0 Å². The maximum absolute atomic E-state index is 13.8. The lowest BCUT2D eigenvalue weighted by Gasteiger charge is -2.31. The van der Waals surface area contributed by atoms with Gasteiger partial charge in [-0.2, -0.15) is 0 Å². The lowest BCUT2D eigenvalue weighted by molar-refractivity contribution is -0.142. The first-order valence-electron chi connectivity index (χ1n) is 11.8. The topological polar surface area (TPSA) is 89.4 Å². The Hall–Kier alpha value is -3.63. The summed E-state index contributed by atoms with van der Waals surface area (Å²) in [5.74, 6) is -0.956. The predicted molar refractivity (Wildman–Crippen MR) is 134 cm³/mol. The largest absolute Gasteiger partial charge is 0.376 e. The van der Waals surface area contributed by atoms with Gasteiger partial charge >= 0.3 is 0 Å². The van der Waals surface area contributed by atoms with E-state index < -0.39 is 6.04 Å². The molecular formula is C26H26FN5O3S. The number of hydrogen-bond donors (Lipinski definition) is 1. The van der Waals surface area contributed by atoms with Crippen molar-refractivity contribution in [3.05, 3.63) is 82.3 Å². The molecule has 1 aliphatic rings. The van der Waals surface area contributed by atoms with Gasteiger partial charge in [-0.15, -0.1) is 16.4 Å². The molecule has 3 heterocycles. The van der Waals surface area contributed by atoms with E-state index in [2.05, 4.69) is 15.6 Å². The van der Waals surface area contributed by atoms with Gasteiger partial charge in [-0.05, 0) is 54.1 Å². The van der Waals surface area contributed by atoms with E-state index >= 15 is 0 Å². The monoisotopic (exact) mass is 507 g/mol. The van der Waals surface area contributed by atoms with E-state index in [1.807, 2.05) is 41.8 Å². The molecule has 186 valence electrons. The third-order valence-electron chi connectivity index (χ3n) is 6.19. The van der Waals surface area contributed by atoms with E-state index in [1.165, 1.54) is 33.1 Å². The average Bonchev–Trinajstić information content (AvgIpc) is 3.67. The number of ether oxygens (including phenoxy) is 1. The van der Waals surface area contributed by atoms with Gasteiger partial charge in [0.05, 0.1) is 11.6 Å². The van der Waals surface area contributed by atoms with Gasteiger partial charge in [0.25, 0.3) is 0 Å². The Morgan fingerprint density at radius 3 is 2.75 bits per heavy atom. The van der Waals surface area contributed by atoms with E-state index in [-0.39, 0.29) is 36.8 Å². The average molecular weight is 508 g/mol. The summed E-state index contributed by atoms with van der Waals surface area (Å²) in [7, 11) is 0. The molecule has 1 fully saturated rings. The van der Waals surface area contributed by atoms with Crippen LogP contribution in [0.3, 0.4) is 0 Å². The number of hydrogen-bond acceptors (Lipinski definition) is 6. The molecule has 36 heavy (non-hydrogen) atoms. The zero-order valence-electron chi connectivity index (χ0n) is 19.5. The summed E-state index contributed by atoms with van der Waals surface area (Å²) in [6.07, 6.45) is 1.83. The van der Waals surface area contributed by atoms with Crippen molar-refractivity contribution in [2.45, 2.75) is 38.1 Å². The van der Waals surface area contributed by atoms with Crippen molar-refractivity contribution in [1.82, 2.24) is 25.2 Å². The van der Waals surface area contributed by atoms with Gasteiger partial charge in [0.2, 0.25) is 11.8 Å². The molecule has 2 aromatic heterocycles. The van der Waals surface area contributed by atoms with Gasteiger partial charge in [0.15, 0.2) is 0 Å². The highest BCUT2D eigenvalue weighted by Crippen LogP contribution is 2.28. The summed E-state index contributed by atoms with van der Waals surface area (Å²) in [6, 6.07) is 16.2. The van der Waals surface area contributed by atoms with Crippen molar-refractivity contribution >= 4 is 34.2 Å². The number of benzene rings is 2. The fourth-order valence-electron chi connectivity index (χ4n) is 4.35. The van der Waals surface area contributed by atoms with Gasteiger partial charge in [-0.3, -0.25) is 9.59 Å². The summed E-state index contributed by atoms with van der Waals surface area (Å²) in [6.45, 7) is 1.10. The zero-order valence-corrected chi connectivity index (χ0v) is 20.4. The van der Waals surface area contributed by atoms with Crippen LogP contribution < -0.4 is 5.32 Å². The Morgan fingerprint density at radius 1 is 1.17 bits per heavy atom. The van der Waals surface area contributed by atoms with Crippen LogP contribution in [-0.4, -0.2) is 51.0 Å². The second-order valence-corrected chi connectivity index (χ2v) is 9.66. The lowest BCUT2D eigenvalue weighted by atomic mass is 10.1. The van der Waals surface area contributed by atoms with Crippen LogP contribution in [0.15, 0.2) is 66.0 Å². The Bertz CT molecular complexity index is 1320. The summed E-state index contributed by atoms with van der Waals surface area (Å²) in [5, 5.41) is 13.1. The van der Waals surface area contributed by atoms with Gasteiger partial charge < -0.3 is 15.0 Å². The van der Waals surface area contributed by atoms with E-state index in [0.717, 1.165) is 23.2 Å². The molecular weight excluding hydrogens is 481 g/mol. The molecule has 0 saturated carbocycles. The molecule has 2 atom stereocenters. The molecule has 0 bridgehead atoms. The number of carbonyl (C=O) groups excluding carboxylic acids is 2. The van der Waals surface area contributed by atoms with Gasteiger partial charge in [0.1, 0.15) is 23.9 Å². The number of rotatable bonds is 9. The van der Waals surface area contributed by atoms with Crippen molar-refractivity contribution in [2.75, 3.05) is 13.2 Å². The third-order valence-corrected chi connectivity index (χ3v) is 7.12. The van der Waals surface area contributed by atoms with E-state index in [1.54, 1.807) is 12.1 Å². The molecule has 8 nitrogen and oxygen atoms in total. The highest BCUT2D eigenvalue weighted by molar-refractivity contribution is 7.10. The molecule has 10 heteroatoms. The second-order valence-electron chi connectivity index (χ2n) is 8.68. The number of fused-ring (bicyclic) bond motifs is 1. The zero-order chi connectivity index (χ0) is 24.9. The predicted octanol–water partition coefficient (Wildman–Crippen LogP) is 3.70. The SMILES string of the molecule is O=C(NC[C@H]1CCCO1)[C@H](c1cccs1)N(Cc1ccc(F)cc1)C(=O)Cn1nnc2ccccc21. The maximum Gasteiger partial charge on any atom is 0.248 e. The molecule has 5 rings (SSSR count). The fraction of sp³-hybridized carbons (Fsp3) is 0.308. The normalized spacial score (nSPS) is 16.2. The quantitative estimate of drug-likeness (QED) is 0.373. The summed E-state index contributed by atoms with van der Waals surface area (Å²) in [4.78, 5) is 29.6. The Morgan fingerprint density at radius 2 is 2.00 bits per heavy atom. The van der Waals surface area contributed by atoms with Crippen LogP contribution in [0.25, 0.3) is 11.0 Å². The minimum absolute atomic E-state index is 0.0271. The smallest absolute Gasteiger partial charge is 0.248 e. The number of amides is 2. The van der Waals surface area contributed by atoms with Crippen molar-refractivity contribution in [3.63, 3.8) is 0 Å². The van der Waals surface area contributed by atoms with Crippen molar-refractivity contribution in [3.8, 4) is 0 Å². The number of carbonyl (C=O) groups is 2. The highest BCUT2D eigenvalue weighted by Gasteiger charge is 2.33. The molecule has 0 unspecified atom stereocenters. The maximum atomic E-state index is 13.8. The fourth-order valence-corrected chi connectivity index (χ4v) is 5.19. The standard InChI is InChI=1S/C26H26FN5O3S/c27-19-11-9-18(10-12-19)16-31(24(33)17-32-22-7-2-1-6-21(22)29-30-32)25(23-8-4-14-36-23)26(34)28-15-20-5-3-13-35-20/h1-2,4,6-12,14,20,25H,3,5,13,15-17H2,(H,28,34)/t20-,25+/m1/s1. The molecule has 2 amide bonds. The number of thiophene rings is 1. The summed E-state index contributed by atoms with van der Waals surface area (Å²) in [5.41, 5.74) is 2.12. The minimum atomic E-state index is -0.862. The van der Waals surface area contributed by atoms with Crippen LogP contribution in [0.5, 0.6) is 0 Å². The minimum Gasteiger partial charge on any atom is -0.376 e. The highest BCUT2D eigenvalue weighted by atomic mass is 32.1. The molecule has 0 radical (unpaired) electrons. The third kappa shape index (κ3) is 5.44. The molecule has 1 saturated heterocycles. The van der Waals surface area contributed by atoms with Crippen LogP contribution >= 0.6 is 11.3 Å². The summed E-state index contributed by atoms with van der Waals surface area (Å²) < 4.78 is 20.8. The first-order chi connectivity index (χ1) is 17.6. The first-order valence-corrected chi connectivity index (χ1v) is 12.7. The van der Waals surface area contributed by atoms with Crippen molar-refractivity contribution in [2.24, 2.45) is 0 Å².